The van der Waals surface area contributed by atoms with E-state index in [1.165, 1.54) is 5.38 Å². The maximum Gasteiger partial charge on any atom is 0.345 e. The lowest BCUT2D eigenvalue weighted by Gasteiger charge is -2.12. The normalized spacial score (nSPS) is 13.4. The zero-order valence-electron chi connectivity index (χ0n) is 9.79. The van der Waals surface area contributed by atoms with Crippen molar-refractivity contribution in [1.29, 1.82) is 0 Å². The molecule has 18 heavy (non-hydrogen) atoms. The largest absolute Gasteiger partial charge is 0.477 e. The Hall–Kier alpha value is -0.960. The van der Waals surface area contributed by atoms with Crippen LogP contribution in [0.1, 0.15) is 29.4 Å². The number of aliphatic hydroxyl groups is 1. The first-order chi connectivity index (χ1) is 8.36. The lowest BCUT2D eigenvalue weighted by atomic mass is 10.2. The standard InChI is InChI=1S/C10H15NO5S2/c1-7(3-2-4-12)11-18(15,16)8-5-9(10(13)14)17-6-8/h5-7,11-12H,2-4H2,1H3,(H,13,14). The summed E-state index contributed by atoms with van der Waals surface area (Å²) in [7, 11) is -3.69. The van der Waals surface area contributed by atoms with Crippen LogP contribution in [0.15, 0.2) is 16.3 Å². The number of thiophene rings is 1. The first kappa shape index (κ1) is 15.1. The molecule has 1 unspecified atom stereocenters. The number of aliphatic hydroxyl groups excluding tert-OH is 1. The highest BCUT2D eigenvalue weighted by atomic mass is 32.2. The number of rotatable bonds is 7. The summed E-state index contributed by atoms with van der Waals surface area (Å²) < 4.78 is 26.2. The van der Waals surface area contributed by atoms with Crippen molar-refractivity contribution in [1.82, 2.24) is 4.72 Å². The third-order valence-electron chi connectivity index (χ3n) is 2.25. The number of nitrogens with one attached hydrogen (secondary N) is 1. The fourth-order valence-electron chi connectivity index (χ4n) is 1.36. The molecule has 0 aliphatic rings. The van der Waals surface area contributed by atoms with E-state index in [1.807, 2.05) is 0 Å². The van der Waals surface area contributed by atoms with Crippen LogP contribution in [0.4, 0.5) is 0 Å². The molecule has 0 spiro atoms. The van der Waals surface area contributed by atoms with Gasteiger partial charge in [-0.15, -0.1) is 11.3 Å². The summed E-state index contributed by atoms with van der Waals surface area (Å²) >= 11 is 0.871. The Bertz CT molecular complexity index is 508. The van der Waals surface area contributed by atoms with Crippen LogP contribution in [-0.2, 0) is 10.0 Å². The summed E-state index contributed by atoms with van der Waals surface area (Å²) in [6, 6.07) is 0.823. The number of aromatic carboxylic acids is 1. The minimum Gasteiger partial charge on any atom is -0.477 e. The molecule has 0 aromatic carbocycles. The van der Waals surface area contributed by atoms with Crippen molar-refractivity contribution in [3.8, 4) is 0 Å². The molecule has 0 radical (unpaired) electrons. The van der Waals surface area contributed by atoms with Gasteiger partial charge in [-0.1, -0.05) is 0 Å². The summed E-state index contributed by atoms with van der Waals surface area (Å²) in [6.07, 6.45) is 1.03. The Morgan fingerprint density at radius 1 is 1.56 bits per heavy atom. The number of carboxylic acid groups (broad SMARTS) is 1. The predicted molar refractivity (Wildman–Crippen MR) is 67.4 cm³/mol. The lowest BCUT2D eigenvalue weighted by molar-refractivity contribution is 0.0702. The van der Waals surface area contributed by atoms with Crippen LogP contribution in [-0.4, -0.2) is 37.2 Å². The molecule has 3 N–H and O–H groups in total. The first-order valence-electron chi connectivity index (χ1n) is 5.32. The molecule has 1 aromatic heterocycles. The summed E-state index contributed by atoms with van der Waals surface area (Å²) in [5.74, 6) is -1.14. The van der Waals surface area contributed by atoms with E-state index in [1.54, 1.807) is 6.92 Å². The molecular formula is C10H15NO5S2. The Balaban J connectivity index is 2.76. The maximum absolute atomic E-state index is 11.9. The van der Waals surface area contributed by atoms with Crippen LogP contribution >= 0.6 is 11.3 Å². The third-order valence-corrected chi connectivity index (χ3v) is 4.88. The SMILES string of the molecule is CC(CCCO)NS(=O)(=O)c1csc(C(=O)O)c1. The van der Waals surface area contributed by atoms with Crippen LogP contribution in [0.3, 0.4) is 0 Å². The van der Waals surface area contributed by atoms with Gasteiger partial charge in [0.25, 0.3) is 0 Å². The molecule has 1 rings (SSSR count). The van der Waals surface area contributed by atoms with E-state index in [2.05, 4.69) is 4.72 Å². The second-order valence-electron chi connectivity index (χ2n) is 3.84. The first-order valence-corrected chi connectivity index (χ1v) is 7.68. The van der Waals surface area contributed by atoms with Gasteiger partial charge in [-0.2, -0.15) is 0 Å². The fraction of sp³-hybridized carbons (Fsp3) is 0.500. The fourth-order valence-corrected chi connectivity index (χ4v) is 3.75. The van der Waals surface area contributed by atoms with Crippen LogP contribution in [0.5, 0.6) is 0 Å². The van der Waals surface area contributed by atoms with Gasteiger partial charge in [-0.05, 0) is 25.8 Å². The van der Waals surface area contributed by atoms with Crippen molar-refractivity contribution >= 4 is 27.3 Å². The molecule has 0 saturated carbocycles. The smallest absolute Gasteiger partial charge is 0.345 e. The maximum atomic E-state index is 11.9. The Morgan fingerprint density at radius 2 is 2.22 bits per heavy atom. The summed E-state index contributed by atoms with van der Waals surface area (Å²) in [6.45, 7) is 1.70. The molecule has 0 fully saturated rings. The summed E-state index contributed by atoms with van der Waals surface area (Å²) in [5, 5.41) is 18.7. The highest BCUT2D eigenvalue weighted by molar-refractivity contribution is 7.89. The van der Waals surface area contributed by atoms with Gasteiger partial charge < -0.3 is 10.2 Å². The number of sulfonamides is 1. The van der Waals surface area contributed by atoms with Gasteiger partial charge in [-0.25, -0.2) is 17.9 Å². The molecule has 0 saturated heterocycles. The van der Waals surface area contributed by atoms with Gasteiger partial charge in [-0.3, -0.25) is 0 Å². The topological polar surface area (TPSA) is 104 Å². The summed E-state index contributed by atoms with van der Waals surface area (Å²) in [5.41, 5.74) is 0. The molecule has 6 nitrogen and oxygen atoms in total. The van der Waals surface area contributed by atoms with Crippen LogP contribution in [0.2, 0.25) is 0 Å². The molecule has 1 heterocycles. The molecule has 0 aliphatic carbocycles. The van der Waals surface area contributed by atoms with Crippen LogP contribution in [0.25, 0.3) is 0 Å². The van der Waals surface area contributed by atoms with E-state index in [0.29, 0.717) is 12.8 Å². The molecule has 0 aliphatic heterocycles. The average molecular weight is 293 g/mol. The molecule has 1 atom stereocenters. The second kappa shape index (κ2) is 6.28. The van der Waals surface area contributed by atoms with E-state index in [9.17, 15) is 13.2 Å². The lowest BCUT2D eigenvalue weighted by Crippen LogP contribution is -2.32. The van der Waals surface area contributed by atoms with E-state index < -0.39 is 16.0 Å². The molecule has 8 heteroatoms. The average Bonchev–Trinajstić information content (AvgIpc) is 2.75. The van der Waals surface area contributed by atoms with Gasteiger partial charge >= 0.3 is 5.97 Å². The van der Waals surface area contributed by atoms with E-state index in [-0.39, 0.29) is 22.4 Å². The van der Waals surface area contributed by atoms with E-state index in [4.69, 9.17) is 10.2 Å². The number of carbonyl (C=O) groups is 1. The van der Waals surface area contributed by atoms with Crippen molar-refractivity contribution in [2.75, 3.05) is 6.61 Å². The van der Waals surface area contributed by atoms with Crippen LogP contribution in [0, 0.1) is 0 Å². The Morgan fingerprint density at radius 3 is 2.72 bits per heavy atom. The molecule has 1 aromatic rings. The predicted octanol–water partition coefficient (Wildman–Crippen LogP) is 0.886. The number of hydrogen-bond donors (Lipinski definition) is 3. The van der Waals surface area contributed by atoms with Gasteiger partial charge in [0.15, 0.2) is 0 Å². The molecule has 0 amide bonds. The van der Waals surface area contributed by atoms with Gasteiger partial charge in [0, 0.05) is 18.0 Å². The van der Waals surface area contributed by atoms with Gasteiger partial charge in [0.05, 0.1) is 4.90 Å². The van der Waals surface area contributed by atoms with Gasteiger partial charge in [0.1, 0.15) is 4.88 Å². The molecular weight excluding hydrogens is 278 g/mol. The van der Waals surface area contributed by atoms with Crippen molar-refractivity contribution in [2.24, 2.45) is 0 Å². The minimum absolute atomic E-state index is 0.00762. The third kappa shape index (κ3) is 4.05. The van der Waals surface area contributed by atoms with E-state index in [0.717, 1.165) is 17.4 Å². The van der Waals surface area contributed by atoms with Crippen molar-refractivity contribution < 1.29 is 23.4 Å². The Kier molecular flexibility index (Phi) is 5.27. The van der Waals surface area contributed by atoms with Crippen molar-refractivity contribution in [3.05, 3.63) is 16.3 Å². The second-order valence-corrected chi connectivity index (χ2v) is 6.47. The molecule has 102 valence electrons. The Labute approximate surface area is 109 Å². The monoisotopic (exact) mass is 293 g/mol. The van der Waals surface area contributed by atoms with Crippen molar-refractivity contribution in [2.45, 2.75) is 30.7 Å². The highest BCUT2D eigenvalue weighted by Gasteiger charge is 2.20. The van der Waals surface area contributed by atoms with Crippen molar-refractivity contribution in [3.63, 3.8) is 0 Å². The molecule has 0 bridgehead atoms. The highest BCUT2D eigenvalue weighted by Crippen LogP contribution is 2.19. The zero-order valence-corrected chi connectivity index (χ0v) is 11.4. The quantitative estimate of drug-likeness (QED) is 0.692. The number of carboxylic acids is 1. The summed E-state index contributed by atoms with van der Waals surface area (Å²) in [4.78, 5) is 10.6. The van der Waals surface area contributed by atoms with Gasteiger partial charge in [0.2, 0.25) is 10.0 Å². The number of hydrogen-bond acceptors (Lipinski definition) is 5. The zero-order chi connectivity index (χ0) is 13.8. The van der Waals surface area contributed by atoms with E-state index >= 15 is 0 Å². The van der Waals surface area contributed by atoms with Crippen LogP contribution < -0.4 is 4.72 Å². The minimum atomic E-state index is -3.69.